The summed E-state index contributed by atoms with van der Waals surface area (Å²) in [5, 5.41) is 8.84. The summed E-state index contributed by atoms with van der Waals surface area (Å²) in [5.41, 5.74) is 4.23. The van der Waals surface area contributed by atoms with E-state index in [9.17, 15) is 4.79 Å². The third-order valence-corrected chi connectivity index (χ3v) is 5.65. The van der Waals surface area contributed by atoms with Gasteiger partial charge in [-0.1, -0.05) is 11.6 Å². The van der Waals surface area contributed by atoms with Gasteiger partial charge in [0.25, 0.3) is 5.91 Å². The van der Waals surface area contributed by atoms with Gasteiger partial charge in [-0.05, 0) is 43.7 Å². The van der Waals surface area contributed by atoms with Crippen molar-refractivity contribution in [3.63, 3.8) is 0 Å². The van der Waals surface area contributed by atoms with Crippen LogP contribution in [0, 0.1) is 19.8 Å². The first kappa shape index (κ1) is 18.7. The van der Waals surface area contributed by atoms with Crippen LogP contribution in [0.1, 0.15) is 21.7 Å². The van der Waals surface area contributed by atoms with Crippen molar-refractivity contribution in [3.05, 3.63) is 70.4 Å². The predicted molar refractivity (Wildman–Crippen MR) is 113 cm³/mol. The molecule has 30 heavy (non-hydrogen) atoms. The molecule has 2 aliphatic rings. The average Bonchev–Trinajstić information content (AvgIpc) is 3.43. The number of hydrogen-bond donors (Lipinski definition) is 0. The van der Waals surface area contributed by atoms with Crippen molar-refractivity contribution in [2.24, 2.45) is 5.92 Å². The molecule has 0 bridgehead atoms. The molecular formula is C21H20ClN7O. The zero-order valence-corrected chi connectivity index (χ0v) is 17.4. The third kappa shape index (κ3) is 3.33. The van der Waals surface area contributed by atoms with Crippen LogP contribution in [0.25, 0.3) is 5.69 Å². The Morgan fingerprint density at radius 2 is 1.80 bits per heavy atom. The molecule has 8 nitrogen and oxygen atoms in total. The minimum Gasteiger partial charge on any atom is -0.334 e. The highest BCUT2D eigenvalue weighted by molar-refractivity contribution is 6.31. The zero-order valence-electron chi connectivity index (χ0n) is 16.7. The Hall–Kier alpha value is -3.26. The smallest absolute Gasteiger partial charge is 0.256 e. The second-order valence-electron chi connectivity index (χ2n) is 7.67. The molecule has 0 radical (unpaired) electrons. The van der Waals surface area contributed by atoms with E-state index in [0.29, 0.717) is 29.4 Å². The number of hydrogen-bond acceptors (Lipinski definition) is 6. The summed E-state index contributed by atoms with van der Waals surface area (Å²) in [6.45, 7) is 5.96. The molecule has 2 aromatic heterocycles. The molecule has 4 heterocycles. The first-order valence-electron chi connectivity index (χ1n) is 9.73. The number of anilines is 1. The third-order valence-electron chi connectivity index (χ3n) is 5.42. The molecule has 2 aliphatic heterocycles. The monoisotopic (exact) mass is 421 g/mol. The van der Waals surface area contributed by atoms with Crippen LogP contribution in [-0.4, -0.2) is 55.4 Å². The van der Waals surface area contributed by atoms with Gasteiger partial charge in [-0.25, -0.2) is 9.97 Å². The van der Waals surface area contributed by atoms with Gasteiger partial charge in [-0.2, -0.15) is 15.0 Å². The molecule has 1 amide bonds. The first-order valence-corrected chi connectivity index (χ1v) is 10.1. The van der Waals surface area contributed by atoms with Gasteiger partial charge in [0.15, 0.2) is 0 Å². The molecule has 152 valence electrons. The molecule has 1 saturated heterocycles. The van der Waals surface area contributed by atoms with Crippen LogP contribution in [0.4, 0.5) is 5.95 Å². The highest BCUT2D eigenvalue weighted by Gasteiger charge is 2.37. The second-order valence-corrected chi connectivity index (χ2v) is 8.11. The van der Waals surface area contributed by atoms with Crippen LogP contribution in [0.2, 0.25) is 5.02 Å². The fourth-order valence-electron chi connectivity index (χ4n) is 4.10. The second kappa shape index (κ2) is 7.21. The number of rotatable bonds is 3. The van der Waals surface area contributed by atoms with Crippen LogP contribution in [0.5, 0.6) is 0 Å². The standard InChI is InChI=1S/C21H20ClN7O/c1-13-7-14(2)26-21(25-13)28-11-15-9-27(10-16(15)12-28)20(30)18-4-3-17(22)8-19(18)29-23-5-6-24-29/h3-8,11,16H,9-10,12H2,1-2H3. The summed E-state index contributed by atoms with van der Waals surface area (Å²) in [4.78, 5) is 27.8. The van der Waals surface area contributed by atoms with Crippen LogP contribution >= 0.6 is 11.6 Å². The number of halogens is 1. The van der Waals surface area contributed by atoms with Crippen molar-refractivity contribution in [1.82, 2.24) is 29.9 Å². The summed E-state index contributed by atoms with van der Waals surface area (Å²) < 4.78 is 0. The van der Waals surface area contributed by atoms with E-state index in [4.69, 9.17) is 11.6 Å². The van der Waals surface area contributed by atoms with Gasteiger partial charge >= 0.3 is 0 Å². The van der Waals surface area contributed by atoms with Crippen molar-refractivity contribution in [2.75, 3.05) is 24.5 Å². The molecule has 9 heteroatoms. The van der Waals surface area contributed by atoms with Gasteiger partial charge in [0.05, 0.1) is 23.6 Å². The van der Waals surface area contributed by atoms with Gasteiger partial charge in [0.1, 0.15) is 0 Å². The SMILES string of the molecule is Cc1cc(C)nc(N2C=C3CN(C(=O)c4ccc(Cl)cc4-n4nccn4)CC3C2)n1. The number of nitrogens with zero attached hydrogens (tertiary/aromatic N) is 7. The Kier molecular flexibility index (Phi) is 4.51. The Morgan fingerprint density at radius 1 is 1.07 bits per heavy atom. The molecule has 1 aromatic carbocycles. The predicted octanol–water partition coefficient (Wildman–Crippen LogP) is 2.80. The molecule has 1 fully saturated rings. The van der Waals surface area contributed by atoms with E-state index in [0.717, 1.165) is 23.9 Å². The van der Waals surface area contributed by atoms with Gasteiger partial charge < -0.3 is 9.80 Å². The van der Waals surface area contributed by atoms with E-state index in [-0.39, 0.29) is 11.8 Å². The Labute approximate surface area is 178 Å². The van der Waals surface area contributed by atoms with Crippen molar-refractivity contribution in [2.45, 2.75) is 13.8 Å². The largest absolute Gasteiger partial charge is 0.334 e. The molecule has 0 aliphatic carbocycles. The summed E-state index contributed by atoms with van der Waals surface area (Å²) in [6, 6.07) is 7.13. The number of aryl methyl sites for hydroxylation is 2. The lowest BCUT2D eigenvalue weighted by Gasteiger charge is -2.21. The van der Waals surface area contributed by atoms with E-state index in [1.54, 1.807) is 30.6 Å². The van der Waals surface area contributed by atoms with Crippen molar-refractivity contribution < 1.29 is 4.79 Å². The van der Waals surface area contributed by atoms with Gasteiger partial charge in [-0.15, -0.1) is 0 Å². The molecule has 0 N–H and O–H groups in total. The molecule has 1 atom stereocenters. The maximum absolute atomic E-state index is 13.3. The van der Waals surface area contributed by atoms with E-state index in [2.05, 4.69) is 31.3 Å². The van der Waals surface area contributed by atoms with Crippen LogP contribution in [0.3, 0.4) is 0 Å². The molecule has 3 aromatic rings. The summed E-state index contributed by atoms with van der Waals surface area (Å²) in [6.07, 6.45) is 5.23. The van der Waals surface area contributed by atoms with Gasteiger partial charge in [0.2, 0.25) is 5.95 Å². The highest BCUT2D eigenvalue weighted by Crippen LogP contribution is 2.33. The van der Waals surface area contributed by atoms with Crippen LogP contribution < -0.4 is 4.90 Å². The fourth-order valence-corrected chi connectivity index (χ4v) is 4.27. The van der Waals surface area contributed by atoms with Gasteiger partial charge in [-0.3, -0.25) is 4.79 Å². The number of benzene rings is 1. The lowest BCUT2D eigenvalue weighted by Crippen LogP contribution is -2.32. The molecule has 5 rings (SSSR count). The van der Waals surface area contributed by atoms with Gasteiger partial charge in [0, 0.05) is 48.2 Å². The fraction of sp³-hybridized carbons (Fsp3) is 0.286. The van der Waals surface area contributed by atoms with E-state index in [1.165, 1.54) is 10.4 Å². The van der Waals surface area contributed by atoms with Crippen LogP contribution in [-0.2, 0) is 0 Å². The number of carbonyl (C=O) groups excluding carboxylic acids is 1. The first-order chi connectivity index (χ1) is 14.5. The lowest BCUT2D eigenvalue weighted by molar-refractivity contribution is 0.0788. The van der Waals surface area contributed by atoms with E-state index in [1.807, 2.05) is 24.8 Å². The van der Waals surface area contributed by atoms with Crippen molar-refractivity contribution >= 4 is 23.5 Å². The minimum atomic E-state index is -0.0523. The number of aromatic nitrogens is 5. The maximum atomic E-state index is 13.3. The number of carbonyl (C=O) groups is 1. The molecule has 0 spiro atoms. The zero-order chi connectivity index (χ0) is 20.8. The van der Waals surface area contributed by atoms with E-state index >= 15 is 0 Å². The summed E-state index contributed by atoms with van der Waals surface area (Å²) >= 11 is 6.15. The Bertz CT molecular complexity index is 1140. The summed E-state index contributed by atoms with van der Waals surface area (Å²) in [7, 11) is 0. The Balaban J connectivity index is 1.38. The minimum absolute atomic E-state index is 0.0523. The lowest BCUT2D eigenvalue weighted by atomic mass is 10.1. The molecule has 0 saturated carbocycles. The number of amides is 1. The Morgan fingerprint density at radius 3 is 2.50 bits per heavy atom. The van der Waals surface area contributed by atoms with Crippen LogP contribution in [0.15, 0.2) is 48.4 Å². The molecular weight excluding hydrogens is 402 g/mol. The van der Waals surface area contributed by atoms with E-state index < -0.39 is 0 Å². The maximum Gasteiger partial charge on any atom is 0.256 e. The topological polar surface area (TPSA) is 80.0 Å². The van der Waals surface area contributed by atoms with Crippen molar-refractivity contribution in [1.29, 1.82) is 0 Å². The number of fused-ring (bicyclic) bond motifs is 1. The summed E-state index contributed by atoms with van der Waals surface area (Å²) in [5.74, 6) is 0.942. The highest BCUT2D eigenvalue weighted by atomic mass is 35.5. The average molecular weight is 422 g/mol. The quantitative estimate of drug-likeness (QED) is 0.647. The normalized spacial score (nSPS) is 18.0. The number of likely N-dealkylation sites (tertiary alicyclic amines) is 1. The van der Waals surface area contributed by atoms with Crippen molar-refractivity contribution in [3.8, 4) is 5.69 Å². The molecule has 1 unspecified atom stereocenters.